The van der Waals surface area contributed by atoms with Crippen LogP contribution < -0.4 is 0 Å². The summed E-state index contributed by atoms with van der Waals surface area (Å²) >= 11 is 0. The molecule has 0 atom stereocenters. The van der Waals surface area contributed by atoms with Crippen LogP contribution in [-0.4, -0.2) is 24.1 Å². The minimum atomic E-state index is 0.174. The van der Waals surface area contributed by atoms with E-state index < -0.39 is 0 Å². The van der Waals surface area contributed by atoms with Gasteiger partial charge < -0.3 is 4.74 Å². The van der Waals surface area contributed by atoms with E-state index in [1.165, 1.54) is 63.5 Å². The van der Waals surface area contributed by atoms with E-state index in [1.54, 1.807) is 0 Å². The van der Waals surface area contributed by atoms with Crippen molar-refractivity contribution in [2.75, 3.05) is 6.54 Å². The van der Waals surface area contributed by atoms with Gasteiger partial charge in [-0.1, -0.05) is 58.3 Å². The molecular weight excluding hydrogens is 320 g/mol. The fraction of sp³-hybridized carbons (Fsp3) is 0.652. The van der Waals surface area contributed by atoms with E-state index in [0.717, 1.165) is 23.6 Å². The van der Waals surface area contributed by atoms with E-state index >= 15 is 0 Å². The normalized spacial score (nSPS) is 17.8. The number of unbranched alkanes of at least 4 members (excludes halogenated alkanes) is 8. The Morgan fingerprint density at radius 3 is 2.38 bits per heavy atom. The lowest BCUT2D eigenvalue weighted by atomic mass is 10.1. The Morgan fingerprint density at radius 1 is 1.00 bits per heavy atom. The summed E-state index contributed by atoms with van der Waals surface area (Å²) < 4.78 is 5.81. The Labute approximate surface area is 160 Å². The number of ether oxygens (including phenoxy) is 1. The predicted molar refractivity (Wildman–Crippen MR) is 113 cm³/mol. The molecule has 3 heteroatoms. The Hall–Kier alpha value is -1.64. The first kappa shape index (κ1) is 20.7. The van der Waals surface area contributed by atoms with Crippen molar-refractivity contribution < 1.29 is 4.74 Å². The van der Waals surface area contributed by atoms with Crippen LogP contribution in [0.4, 0.5) is 0 Å². The van der Waals surface area contributed by atoms with E-state index in [0.29, 0.717) is 6.54 Å². The molecule has 0 aliphatic carbocycles. The minimum absolute atomic E-state index is 0.174. The number of hydrogen-bond donors (Lipinski definition) is 0. The van der Waals surface area contributed by atoms with Crippen molar-refractivity contribution in [1.82, 2.24) is 0 Å². The maximum Gasteiger partial charge on any atom is 0.142 e. The standard InChI is InChI=1S/C23H36N2O/c1-4-5-6-7-8-9-10-11-12-13-20-14-15-21(25-20)18-22-23(16-17-24-22)26-19(2)3/h14-16,18-19H,4-13,17H2,1-3H3. The molecule has 2 aliphatic heterocycles. The van der Waals surface area contributed by atoms with Crippen LogP contribution in [0.3, 0.4) is 0 Å². The van der Waals surface area contributed by atoms with Crippen LogP contribution in [0.25, 0.3) is 0 Å². The second-order valence-corrected chi connectivity index (χ2v) is 7.55. The van der Waals surface area contributed by atoms with Crippen LogP contribution in [0, 0.1) is 0 Å². The molecule has 0 aromatic carbocycles. The van der Waals surface area contributed by atoms with Gasteiger partial charge in [-0.05, 0) is 51.0 Å². The molecule has 2 heterocycles. The van der Waals surface area contributed by atoms with Crippen molar-refractivity contribution >= 4 is 11.4 Å². The summed E-state index contributed by atoms with van der Waals surface area (Å²) in [5, 5.41) is 0. The molecule has 0 saturated carbocycles. The zero-order chi connectivity index (χ0) is 18.6. The Bertz CT molecular complexity index is 579. The molecule has 0 amide bonds. The van der Waals surface area contributed by atoms with Gasteiger partial charge in [-0.2, -0.15) is 0 Å². The van der Waals surface area contributed by atoms with Gasteiger partial charge in [-0.15, -0.1) is 0 Å². The monoisotopic (exact) mass is 356 g/mol. The summed E-state index contributed by atoms with van der Waals surface area (Å²) in [6, 6.07) is 0. The largest absolute Gasteiger partial charge is 0.489 e. The van der Waals surface area contributed by atoms with Gasteiger partial charge in [0.25, 0.3) is 0 Å². The summed E-state index contributed by atoms with van der Waals surface area (Å²) in [5.41, 5.74) is 3.12. The van der Waals surface area contributed by atoms with E-state index in [2.05, 4.69) is 24.1 Å². The SMILES string of the molecule is CCCCCCCCCCCC1=NC(=CC2=NCC=C2OC(C)C)C=C1. The quantitative estimate of drug-likeness (QED) is 0.344. The summed E-state index contributed by atoms with van der Waals surface area (Å²) in [4.78, 5) is 9.24. The number of hydrogen-bond acceptors (Lipinski definition) is 3. The average molecular weight is 357 g/mol. The number of nitrogens with zero attached hydrogens (tertiary/aromatic N) is 2. The van der Waals surface area contributed by atoms with Crippen molar-refractivity contribution in [2.24, 2.45) is 9.98 Å². The lowest BCUT2D eigenvalue weighted by molar-refractivity contribution is 0.164. The van der Waals surface area contributed by atoms with Crippen molar-refractivity contribution in [1.29, 1.82) is 0 Å². The van der Waals surface area contributed by atoms with Gasteiger partial charge in [0.05, 0.1) is 18.3 Å². The van der Waals surface area contributed by atoms with Gasteiger partial charge >= 0.3 is 0 Å². The predicted octanol–water partition coefficient (Wildman–Crippen LogP) is 6.57. The van der Waals surface area contributed by atoms with Gasteiger partial charge in [-0.25, -0.2) is 0 Å². The highest BCUT2D eigenvalue weighted by molar-refractivity contribution is 6.10. The number of aliphatic imine (C=N–C) groups is 2. The molecule has 2 rings (SSSR count). The average Bonchev–Trinajstić information content (AvgIpc) is 3.23. The van der Waals surface area contributed by atoms with Crippen LogP contribution in [0.5, 0.6) is 0 Å². The molecular formula is C23H36N2O. The third-order valence-corrected chi connectivity index (χ3v) is 4.69. The van der Waals surface area contributed by atoms with Crippen LogP contribution >= 0.6 is 0 Å². The molecule has 0 spiro atoms. The summed E-state index contributed by atoms with van der Waals surface area (Å²) in [5.74, 6) is 0.892. The molecule has 0 unspecified atom stereocenters. The molecule has 26 heavy (non-hydrogen) atoms. The minimum Gasteiger partial charge on any atom is -0.489 e. The van der Waals surface area contributed by atoms with Crippen molar-refractivity contribution in [3.8, 4) is 0 Å². The Kier molecular flexibility index (Phi) is 9.44. The van der Waals surface area contributed by atoms with Gasteiger partial charge in [0.2, 0.25) is 0 Å². The third kappa shape index (κ3) is 7.72. The molecule has 3 nitrogen and oxygen atoms in total. The highest BCUT2D eigenvalue weighted by Gasteiger charge is 2.14. The molecule has 0 aromatic heterocycles. The van der Waals surface area contributed by atoms with Crippen LogP contribution in [0.15, 0.2) is 45.7 Å². The smallest absolute Gasteiger partial charge is 0.142 e. The zero-order valence-electron chi connectivity index (χ0n) is 17.0. The zero-order valence-corrected chi connectivity index (χ0v) is 17.0. The van der Waals surface area contributed by atoms with Crippen molar-refractivity contribution in [3.05, 3.63) is 35.8 Å². The first-order chi connectivity index (χ1) is 12.7. The lowest BCUT2D eigenvalue weighted by Crippen LogP contribution is -2.07. The second kappa shape index (κ2) is 11.9. The van der Waals surface area contributed by atoms with Crippen molar-refractivity contribution in [3.63, 3.8) is 0 Å². The summed E-state index contributed by atoms with van der Waals surface area (Å²) in [7, 11) is 0. The molecule has 0 aromatic rings. The fourth-order valence-corrected chi connectivity index (χ4v) is 3.29. The first-order valence-electron chi connectivity index (χ1n) is 10.6. The van der Waals surface area contributed by atoms with E-state index in [9.17, 15) is 0 Å². The molecule has 144 valence electrons. The van der Waals surface area contributed by atoms with Crippen molar-refractivity contribution in [2.45, 2.75) is 91.1 Å². The van der Waals surface area contributed by atoms with Gasteiger partial charge in [0.1, 0.15) is 11.5 Å². The van der Waals surface area contributed by atoms with E-state index in [1.807, 2.05) is 26.0 Å². The van der Waals surface area contributed by atoms with Crippen LogP contribution in [-0.2, 0) is 4.74 Å². The Balaban J connectivity index is 1.64. The topological polar surface area (TPSA) is 34.0 Å². The molecule has 0 saturated heterocycles. The second-order valence-electron chi connectivity index (χ2n) is 7.55. The van der Waals surface area contributed by atoms with E-state index in [4.69, 9.17) is 9.73 Å². The third-order valence-electron chi connectivity index (χ3n) is 4.69. The molecule has 0 bridgehead atoms. The first-order valence-corrected chi connectivity index (χ1v) is 10.6. The van der Waals surface area contributed by atoms with Crippen LogP contribution in [0.2, 0.25) is 0 Å². The fourth-order valence-electron chi connectivity index (χ4n) is 3.29. The highest BCUT2D eigenvalue weighted by Crippen LogP contribution is 2.18. The molecule has 0 radical (unpaired) electrons. The van der Waals surface area contributed by atoms with E-state index in [-0.39, 0.29) is 6.10 Å². The Morgan fingerprint density at radius 2 is 1.69 bits per heavy atom. The molecule has 0 N–H and O–H groups in total. The number of allylic oxidation sites excluding steroid dienone is 3. The van der Waals surface area contributed by atoms with Gasteiger partial charge in [0, 0.05) is 5.71 Å². The summed E-state index contributed by atoms with van der Waals surface area (Å²) in [6.45, 7) is 7.07. The van der Waals surface area contributed by atoms with Crippen LogP contribution in [0.1, 0.15) is 85.0 Å². The summed E-state index contributed by atoms with van der Waals surface area (Å²) in [6.07, 6.45) is 21.9. The van der Waals surface area contributed by atoms with Gasteiger partial charge in [-0.3, -0.25) is 9.98 Å². The molecule has 0 fully saturated rings. The van der Waals surface area contributed by atoms with Gasteiger partial charge in [0.15, 0.2) is 0 Å². The number of rotatable bonds is 13. The maximum atomic E-state index is 5.81. The lowest BCUT2D eigenvalue weighted by Gasteiger charge is -2.10. The molecule has 2 aliphatic rings. The highest BCUT2D eigenvalue weighted by atomic mass is 16.5. The maximum absolute atomic E-state index is 5.81.